The van der Waals surface area contributed by atoms with Gasteiger partial charge in [0.2, 0.25) is 5.75 Å². The fourth-order valence-electron chi connectivity index (χ4n) is 2.40. The van der Waals surface area contributed by atoms with Crippen molar-refractivity contribution in [2.75, 3.05) is 26.6 Å². The van der Waals surface area contributed by atoms with Crippen molar-refractivity contribution < 1.29 is 23.8 Å². The number of hydrazone groups is 1. The summed E-state index contributed by atoms with van der Waals surface area (Å²) in [5.74, 6) is -0.361. The number of benzene rings is 2. The van der Waals surface area contributed by atoms with Gasteiger partial charge in [-0.3, -0.25) is 9.59 Å². The van der Waals surface area contributed by atoms with E-state index in [9.17, 15) is 9.59 Å². The van der Waals surface area contributed by atoms with Gasteiger partial charge in [0.25, 0.3) is 0 Å². The van der Waals surface area contributed by atoms with Crippen LogP contribution in [0, 0.1) is 0 Å². The minimum absolute atomic E-state index is 0.444. The molecule has 2 amide bonds. The summed E-state index contributed by atoms with van der Waals surface area (Å²) in [6, 6.07) is 10.6. The molecule has 0 aliphatic rings. The van der Waals surface area contributed by atoms with Crippen molar-refractivity contribution in [3.63, 3.8) is 0 Å². The predicted molar refractivity (Wildman–Crippen MR) is 106 cm³/mol. The Kier molecular flexibility index (Phi) is 7.38. The van der Waals surface area contributed by atoms with Crippen LogP contribution in [0.3, 0.4) is 0 Å². The van der Waals surface area contributed by atoms with Crippen LogP contribution in [0.25, 0.3) is 0 Å². The second-order valence-corrected chi connectivity index (χ2v) is 5.66. The molecule has 0 unspecified atom stereocenters. The van der Waals surface area contributed by atoms with Gasteiger partial charge in [-0.05, 0) is 36.2 Å². The van der Waals surface area contributed by atoms with E-state index in [1.54, 1.807) is 24.3 Å². The Labute approximate surface area is 163 Å². The first-order chi connectivity index (χ1) is 13.5. The summed E-state index contributed by atoms with van der Waals surface area (Å²) >= 11 is 0. The maximum Gasteiger partial charge on any atom is 0.329 e. The highest BCUT2D eigenvalue weighted by Gasteiger charge is 2.14. The molecule has 0 aromatic heterocycles. The first-order valence-electron chi connectivity index (χ1n) is 8.55. The molecule has 0 saturated heterocycles. The lowest BCUT2D eigenvalue weighted by atomic mass is 10.1. The van der Waals surface area contributed by atoms with Gasteiger partial charge in [-0.2, -0.15) is 5.10 Å². The van der Waals surface area contributed by atoms with Gasteiger partial charge in [-0.25, -0.2) is 5.43 Å². The van der Waals surface area contributed by atoms with Crippen LogP contribution in [-0.4, -0.2) is 39.4 Å². The lowest BCUT2D eigenvalue weighted by Crippen LogP contribution is -2.32. The van der Waals surface area contributed by atoms with Crippen molar-refractivity contribution in [2.24, 2.45) is 5.10 Å². The molecule has 2 rings (SSSR count). The summed E-state index contributed by atoms with van der Waals surface area (Å²) in [5, 5.41) is 6.31. The van der Waals surface area contributed by atoms with Crippen molar-refractivity contribution >= 4 is 23.7 Å². The Morgan fingerprint density at radius 2 is 1.57 bits per heavy atom. The van der Waals surface area contributed by atoms with E-state index in [1.807, 2.05) is 19.1 Å². The summed E-state index contributed by atoms with van der Waals surface area (Å²) < 4.78 is 15.7. The van der Waals surface area contributed by atoms with Gasteiger partial charge in [0.15, 0.2) is 11.5 Å². The maximum atomic E-state index is 11.9. The van der Waals surface area contributed by atoms with Gasteiger partial charge in [0, 0.05) is 11.3 Å². The lowest BCUT2D eigenvalue weighted by molar-refractivity contribution is -0.136. The van der Waals surface area contributed by atoms with Gasteiger partial charge in [-0.15, -0.1) is 0 Å². The molecule has 0 saturated carbocycles. The number of methoxy groups -OCH3 is 3. The summed E-state index contributed by atoms with van der Waals surface area (Å²) in [5.41, 5.74) is 4.44. The molecule has 0 aliphatic carbocycles. The van der Waals surface area contributed by atoms with Gasteiger partial charge in [-0.1, -0.05) is 19.1 Å². The normalized spacial score (nSPS) is 10.4. The van der Waals surface area contributed by atoms with Gasteiger partial charge < -0.3 is 19.5 Å². The number of anilines is 1. The highest BCUT2D eigenvalue weighted by atomic mass is 16.5. The standard InChI is InChI=1S/C20H23N3O5/c1-5-13-6-8-15(9-7-13)22-19(24)20(25)23-21-12-14-10-16(26-2)18(28-4)17(11-14)27-3/h6-12H,5H2,1-4H3,(H,22,24)(H,23,25)/b21-12-. The number of nitrogens with zero attached hydrogens (tertiary/aromatic N) is 1. The van der Waals surface area contributed by atoms with E-state index in [0.717, 1.165) is 12.0 Å². The van der Waals surface area contributed by atoms with Gasteiger partial charge in [0.05, 0.1) is 27.5 Å². The molecule has 28 heavy (non-hydrogen) atoms. The Morgan fingerprint density at radius 3 is 2.07 bits per heavy atom. The fraction of sp³-hybridized carbons (Fsp3) is 0.250. The Hall–Kier alpha value is -3.55. The number of carbonyl (C=O) groups excluding carboxylic acids is 2. The average Bonchev–Trinajstić information content (AvgIpc) is 2.73. The zero-order valence-corrected chi connectivity index (χ0v) is 16.2. The number of amides is 2. The Bertz CT molecular complexity index is 838. The summed E-state index contributed by atoms with van der Waals surface area (Å²) in [6.07, 6.45) is 2.26. The van der Waals surface area contributed by atoms with Crippen LogP contribution in [0.1, 0.15) is 18.1 Å². The van der Waals surface area contributed by atoms with Crippen molar-refractivity contribution in [2.45, 2.75) is 13.3 Å². The SMILES string of the molecule is CCc1ccc(NC(=O)C(=O)N/N=C\c2cc(OC)c(OC)c(OC)c2)cc1. The fourth-order valence-corrected chi connectivity index (χ4v) is 2.40. The van der Waals surface area contributed by atoms with E-state index in [-0.39, 0.29) is 0 Å². The molecule has 2 N–H and O–H groups in total. The highest BCUT2D eigenvalue weighted by molar-refractivity contribution is 6.39. The summed E-state index contributed by atoms with van der Waals surface area (Å²) in [4.78, 5) is 23.8. The molecule has 2 aromatic rings. The van der Waals surface area contributed by atoms with E-state index < -0.39 is 11.8 Å². The van der Waals surface area contributed by atoms with Crippen molar-refractivity contribution in [1.82, 2.24) is 5.43 Å². The molecule has 148 valence electrons. The molecule has 0 atom stereocenters. The third-order valence-corrected chi connectivity index (χ3v) is 3.89. The van der Waals surface area contributed by atoms with Crippen molar-refractivity contribution in [3.8, 4) is 17.2 Å². The Balaban J connectivity index is 2.01. The zero-order valence-electron chi connectivity index (χ0n) is 16.2. The van der Waals surface area contributed by atoms with Crippen LogP contribution in [0.4, 0.5) is 5.69 Å². The smallest absolute Gasteiger partial charge is 0.329 e. The average molecular weight is 385 g/mol. The van der Waals surface area contributed by atoms with Crippen LogP contribution in [0.15, 0.2) is 41.5 Å². The van der Waals surface area contributed by atoms with Crippen LogP contribution in [-0.2, 0) is 16.0 Å². The van der Waals surface area contributed by atoms with Gasteiger partial charge in [0.1, 0.15) is 0 Å². The lowest BCUT2D eigenvalue weighted by Gasteiger charge is -2.12. The third kappa shape index (κ3) is 5.23. The van der Waals surface area contributed by atoms with Crippen LogP contribution >= 0.6 is 0 Å². The monoisotopic (exact) mass is 385 g/mol. The topological polar surface area (TPSA) is 98.3 Å². The number of rotatable bonds is 7. The number of hydrogen-bond donors (Lipinski definition) is 2. The molecule has 0 bridgehead atoms. The van der Waals surface area contributed by atoms with E-state index in [2.05, 4.69) is 15.8 Å². The predicted octanol–water partition coefficient (Wildman–Crippen LogP) is 2.36. The minimum atomic E-state index is -0.886. The van der Waals surface area contributed by atoms with E-state index in [4.69, 9.17) is 14.2 Å². The number of nitrogens with one attached hydrogen (secondary N) is 2. The number of carbonyl (C=O) groups is 2. The second kappa shape index (κ2) is 9.96. The second-order valence-electron chi connectivity index (χ2n) is 5.66. The van der Waals surface area contributed by atoms with E-state index in [0.29, 0.717) is 28.5 Å². The molecular formula is C20H23N3O5. The Morgan fingerprint density at radius 1 is 0.964 bits per heavy atom. The molecule has 0 fully saturated rings. The number of ether oxygens (including phenoxy) is 3. The number of hydrogen-bond acceptors (Lipinski definition) is 6. The maximum absolute atomic E-state index is 11.9. The van der Waals surface area contributed by atoms with E-state index >= 15 is 0 Å². The van der Waals surface area contributed by atoms with Crippen LogP contribution < -0.4 is 25.0 Å². The van der Waals surface area contributed by atoms with Crippen LogP contribution in [0.5, 0.6) is 17.2 Å². The molecule has 0 spiro atoms. The summed E-state index contributed by atoms with van der Waals surface area (Å²) in [6.45, 7) is 2.03. The van der Waals surface area contributed by atoms with Crippen molar-refractivity contribution in [1.29, 1.82) is 0 Å². The molecular weight excluding hydrogens is 362 g/mol. The molecule has 0 heterocycles. The van der Waals surface area contributed by atoms with Crippen molar-refractivity contribution in [3.05, 3.63) is 47.5 Å². The van der Waals surface area contributed by atoms with Crippen LogP contribution in [0.2, 0.25) is 0 Å². The van der Waals surface area contributed by atoms with E-state index in [1.165, 1.54) is 27.5 Å². The third-order valence-electron chi connectivity index (χ3n) is 3.89. The summed E-state index contributed by atoms with van der Waals surface area (Å²) in [7, 11) is 4.50. The molecule has 0 radical (unpaired) electrons. The molecule has 0 aliphatic heterocycles. The molecule has 8 heteroatoms. The largest absolute Gasteiger partial charge is 0.493 e. The van der Waals surface area contributed by atoms with Gasteiger partial charge >= 0.3 is 11.8 Å². The molecule has 2 aromatic carbocycles. The first kappa shape index (κ1) is 20.8. The zero-order chi connectivity index (χ0) is 20.5. The highest BCUT2D eigenvalue weighted by Crippen LogP contribution is 2.37. The first-order valence-corrected chi connectivity index (χ1v) is 8.55. The molecule has 8 nitrogen and oxygen atoms in total. The minimum Gasteiger partial charge on any atom is -0.493 e. The number of aryl methyl sites for hydroxylation is 1. The quantitative estimate of drug-likeness (QED) is 0.433.